The Bertz CT molecular complexity index is 889. The molecule has 0 unspecified atom stereocenters. The number of amides is 1. The van der Waals surface area contributed by atoms with Crippen molar-refractivity contribution in [3.8, 4) is 11.5 Å². The van der Waals surface area contributed by atoms with Gasteiger partial charge in [0.25, 0.3) is 5.91 Å². The van der Waals surface area contributed by atoms with Gasteiger partial charge in [0, 0.05) is 10.4 Å². The molecule has 2 heterocycles. The Hall–Kier alpha value is -2.54. The van der Waals surface area contributed by atoms with Crippen molar-refractivity contribution in [1.82, 2.24) is 0 Å². The Morgan fingerprint density at radius 3 is 2.74 bits per heavy atom. The van der Waals surface area contributed by atoms with Crippen molar-refractivity contribution < 1.29 is 23.8 Å². The van der Waals surface area contributed by atoms with E-state index >= 15 is 0 Å². The van der Waals surface area contributed by atoms with Gasteiger partial charge < -0.3 is 19.5 Å². The van der Waals surface area contributed by atoms with E-state index in [1.807, 2.05) is 0 Å². The fraction of sp³-hybridized carbons (Fsp3) is 0.400. The number of hydrogen-bond donors (Lipinski definition) is 1. The zero-order valence-corrected chi connectivity index (χ0v) is 15.9. The van der Waals surface area contributed by atoms with Crippen molar-refractivity contribution in [1.29, 1.82) is 0 Å². The number of anilines is 1. The third-order valence-electron chi connectivity index (χ3n) is 4.68. The minimum Gasteiger partial charge on any atom is -0.486 e. The van der Waals surface area contributed by atoms with Gasteiger partial charge >= 0.3 is 5.97 Å². The van der Waals surface area contributed by atoms with E-state index in [1.165, 1.54) is 16.2 Å². The SMILES string of the molecule is CCOC(=O)c1c(NC(=O)c2ccc3c(c2)OCCO3)sc2c1CCCC2. The number of nitrogens with one attached hydrogen (secondary N) is 1. The Morgan fingerprint density at radius 2 is 1.93 bits per heavy atom. The Balaban J connectivity index is 1.63. The molecule has 4 rings (SSSR count). The molecular formula is C20H21NO5S. The number of thiophene rings is 1. The van der Waals surface area contributed by atoms with E-state index in [9.17, 15) is 9.59 Å². The zero-order chi connectivity index (χ0) is 18.8. The minimum atomic E-state index is -0.366. The summed E-state index contributed by atoms with van der Waals surface area (Å²) in [6.07, 6.45) is 3.93. The highest BCUT2D eigenvalue weighted by Gasteiger charge is 2.27. The standard InChI is InChI=1S/C20H21NO5S/c1-2-24-20(23)17-13-5-3-4-6-16(13)27-19(17)21-18(22)12-7-8-14-15(11-12)26-10-9-25-14/h7-8,11H,2-6,9-10H2,1H3,(H,21,22). The van der Waals surface area contributed by atoms with Crippen LogP contribution in [-0.4, -0.2) is 31.7 Å². The molecule has 1 aromatic carbocycles. The molecule has 0 saturated carbocycles. The van der Waals surface area contributed by atoms with Crippen LogP contribution in [0.25, 0.3) is 0 Å². The number of fused-ring (bicyclic) bond motifs is 2. The second-order valence-electron chi connectivity index (χ2n) is 6.45. The molecule has 0 saturated heterocycles. The summed E-state index contributed by atoms with van der Waals surface area (Å²) in [4.78, 5) is 26.5. The number of aryl methyl sites for hydroxylation is 1. The molecule has 6 nitrogen and oxygen atoms in total. The number of esters is 1. The molecule has 27 heavy (non-hydrogen) atoms. The Kier molecular flexibility index (Phi) is 5.03. The van der Waals surface area contributed by atoms with Crippen molar-refractivity contribution >= 4 is 28.2 Å². The summed E-state index contributed by atoms with van der Waals surface area (Å²) in [5.41, 5.74) is 2.00. The van der Waals surface area contributed by atoms with Gasteiger partial charge in [0.05, 0.1) is 12.2 Å². The van der Waals surface area contributed by atoms with E-state index in [0.717, 1.165) is 31.2 Å². The van der Waals surface area contributed by atoms with Crippen LogP contribution in [-0.2, 0) is 17.6 Å². The molecule has 0 atom stereocenters. The zero-order valence-electron chi connectivity index (χ0n) is 15.1. The highest BCUT2D eigenvalue weighted by Crippen LogP contribution is 2.39. The first-order valence-corrected chi connectivity index (χ1v) is 10.0. The predicted molar refractivity (Wildman–Crippen MR) is 102 cm³/mol. The van der Waals surface area contributed by atoms with Crippen LogP contribution >= 0.6 is 11.3 Å². The molecule has 1 aliphatic heterocycles. The Morgan fingerprint density at radius 1 is 1.15 bits per heavy atom. The van der Waals surface area contributed by atoms with Crippen LogP contribution in [0.2, 0.25) is 0 Å². The lowest BCUT2D eigenvalue weighted by atomic mass is 9.95. The summed E-state index contributed by atoms with van der Waals surface area (Å²) in [5.74, 6) is 0.548. The molecule has 0 radical (unpaired) electrons. The van der Waals surface area contributed by atoms with E-state index in [0.29, 0.717) is 47.4 Å². The van der Waals surface area contributed by atoms with Crippen LogP contribution in [0.5, 0.6) is 11.5 Å². The highest BCUT2D eigenvalue weighted by molar-refractivity contribution is 7.17. The first kappa shape index (κ1) is 17.9. The lowest BCUT2D eigenvalue weighted by molar-refractivity contribution is 0.0526. The van der Waals surface area contributed by atoms with E-state index in [-0.39, 0.29) is 11.9 Å². The van der Waals surface area contributed by atoms with Gasteiger partial charge in [-0.3, -0.25) is 4.79 Å². The van der Waals surface area contributed by atoms with Crippen LogP contribution in [0.3, 0.4) is 0 Å². The predicted octanol–water partition coefficient (Wildman–Crippen LogP) is 3.83. The van der Waals surface area contributed by atoms with Crippen molar-refractivity contribution in [3.63, 3.8) is 0 Å². The number of hydrogen-bond acceptors (Lipinski definition) is 6. The molecule has 2 aliphatic rings. The van der Waals surface area contributed by atoms with Gasteiger partial charge in [0.1, 0.15) is 18.2 Å². The summed E-state index contributed by atoms with van der Waals surface area (Å²) in [6, 6.07) is 5.09. The number of rotatable bonds is 4. The fourth-order valence-electron chi connectivity index (χ4n) is 3.43. The van der Waals surface area contributed by atoms with E-state index < -0.39 is 0 Å². The first-order valence-electron chi connectivity index (χ1n) is 9.20. The topological polar surface area (TPSA) is 73.9 Å². The average Bonchev–Trinajstić information content (AvgIpc) is 3.05. The summed E-state index contributed by atoms with van der Waals surface area (Å²) in [5, 5.41) is 3.48. The van der Waals surface area contributed by atoms with Crippen molar-refractivity contribution in [2.24, 2.45) is 0 Å². The van der Waals surface area contributed by atoms with Crippen molar-refractivity contribution in [3.05, 3.63) is 39.8 Å². The highest BCUT2D eigenvalue weighted by atomic mass is 32.1. The van der Waals surface area contributed by atoms with E-state index in [4.69, 9.17) is 14.2 Å². The second kappa shape index (κ2) is 7.60. The summed E-state index contributed by atoms with van der Waals surface area (Å²) in [6.45, 7) is 3.05. The minimum absolute atomic E-state index is 0.281. The second-order valence-corrected chi connectivity index (χ2v) is 7.55. The third-order valence-corrected chi connectivity index (χ3v) is 5.89. The van der Waals surface area contributed by atoms with Crippen LogP contribution in [0.4, 0.5) is 5.00 Å². The number of carbonyl (C=O) groups excluding carboxylic acids is 2. The number of ether oxygens (including phenoxy) is 3. The quantitative estimate of drug-likeness (QED) is 0.807. The summed E-state index contributed by atoms with van der Waals surface area (Å²) in [7, 11) is 0. The molecule has 7 heteroatoms. The van der Waals surface area contributed by atoms with Crippen LogP contribution in [0.1, 0.15) is 50.9 Å². The van der Waals surface area contributed by atoms with Crippen LogP contribution < -0.4 is 14.8 Å². The molecule has 1 N–H and O–H groups in total. The number of carbonyl (C=O) groups is 2. The molecule has 0 spiro atoms. The van der Waals surface area contributed by atoms with Gasteiger partial charge in [-0.2, -0.15) is 0 Å². The average molecular weight is 387 g/mol. The van der Waals surface area contributed by atoms with E-state index in [1.54, 1.807) is 25.1 Å². The smallest absolute Gasteiger partial charge is 0.341 e. The van der Waals surface area contributed by atoms with Gasteiger partial charge in [-0.1, -0.05) is 0 Å². The van der Waals surface area contributed by atoms with E-state index in [2.05, 4.69) is 5.32 Å². The lowest BCUT2D eigenvalue weighted by Crippen LogP contribution is -2.18. The molecule has 0 bridgehead atoms. The number of benzene rings is 1. The molecule has 1 aromatic heterocycles. The van der Waals surface area contributed by atoms with Gasteiger partial charge in [-0.15, -0.1) is 11.3 Å². The van der Waals surface area contributed by atoms with Gasteiger partial charge in [0.15, 0.2) is 11.5 Å². The largest absolute Gasteiger partial charge is 0.486 e. The molecule has 1 amide bonds. The normalized spacial score (nSPS) is 15.0. The summed E-state index contributed by atoms with van der Waals surface area (Å²) < 4.78 is 16.3. The Labute approximate surface area is 161 Å². The van der Waals surface area contributed by atoms with Crippen molar-refractivity contribution in [2.75, 3.05) is 25.1 Å². The fourth-order valence-corrected chi connectivity index (χ4v) is 4.71. The van der Waals surface area contributed by atoms with Gasteiger partial charge in [-0.05, 0) is 56.4 Å². The summed E-state index contributed by atoms with van der Waals surface area (Å²) >= 11 is 1.48. The third kappa shape index (κ3) is 3.51. The molecule has 2 aromatic rings. The van der Waals surface area contributed by atoms with Gasteiger partial charge in [0.2, 0.25) is 0 Å². The maximum absolute atomic E-state index is 12.8. The molecule has 1 aliphatic carbocycles. The molecule has 0 fully saturated rings. The van der Waals surface area contributed by atoms with Crippen molar-refractivity contribution in [2.45, 2.75) is 32.6 Å². The maximum atomic E-state index is 12.8. The molecule has 142 valence electrons. The lowest BCUT2D eigenvalue weighted by Gasteiger charge is -2.18. The first-order chi connectivity index (χ1) is 13.2. The maximum Gasteiger partial charge on any atom is 0.341 e. The monoisotopic (exact) mass is 387 g/mol. The van der Waals surface area contributed by atoms with Crippen LogP contribution in [0, 0.1) is 0 Å². The van der Waals surface area contributed by atoms with Gasteiger partial charge in [-0.25, -0.2) is 4.79 Å². The molecular weight excluding hydrogens is 366 g/mol. The van der Waals surface area contributed by atoms with Crippen LogP contribution in [0.15, 0.2) is 18.2 Å².